The van der Waals surface area contributed by atoms with Crippen LogP contribution in [0.4, 0.5) is 0 Å². The Kier molecular flexibility index (Phi) is 5.64. The second-order valence-corrected chi connectivity index (χ2v) is 6.27. The second-order valence-electron chi connectivity index (χ2n) is 6.27. The number of phenols is 1. The smallest absolute Gasteiger partial charge is 0.257 e. The van der Waals surface area contributed by atoms with Crippen LogP contribution in [0.3, 0.4) is 0 Å². The number of carbonyl (C=O) groups is 1. The van der Waals surface area contributed by atoms with Crippen LogP contribution in [0.25, 0.3) is 0 Å². The number of nitrogens with zero attached hydrogens (tertiary/aromatic N) is 2. The fraction of sp³-hybridized carbons (Fsp3) is 0.556. The van der Waals surface area contributed by atoms with Crippen molar-refractivity contribution in [2.24, 2.45) is 10.7 Å². The number of guanidine groups is 1. The van der Waals surface area contributed by atoms with Crippen LogP contribution in [0.5, 0.6) is 5.75 Å². The Morgan fingerprint density at radius 1 is 1.22 bits per heavy atom. The molecule has 5 heteroatoms. The fourth-order valence-electron chi connectivity index (χ4n) is 3.06. The number of unbranched alkanes of at least 4 members (excludes halogenated alkanes) is 2. The fourth-order valence-corrected chi connectivity index (χ4v) is 3.06. The molecule has 0 bridgehead atoms. The Morgan fingerprint density at radius 2 is 1.87 bits per heavy atom. The van der Waals surface area contributed by atoms with Crippen LogP contribution in [-0.2, 0) is 11.3 Å². The molecule has 1 heterocycles. The molecule has 0 saturated heterocycles. The monoisotopic (exact) mass is 317 g/mol. The first-order valence-corrected chi connectivity index (χ1v) is 8.47. The molecule has 1 amide bonds. The molecule has 126 valence electrons. The van der Waals surface area contributed by atoms with Gasteiger partial charge in [-0.2, -0.15) is 0 Å². The summed E-state index contributed by atoms with van der Waals surface area (Å²) in [6, 6.07) is 6.90. The molecule has 0 atom stereocenters. The highest BCUT2D eigenvalue weighted by Gasteiger charge is 2.46. The van der Waals surface area contributed by atoms with E-state index in [-0.39, 0.29) is 11.7 Å². The number of carbonyl (C=O) groups excluding carboxylic acids is 1. The van der Waals surface area contributed by atoms with Crippen molar-refractivity contribution in [3.63, 3.8) is 0 Å². The number of hydrogen-bond acceptors (Lipinski definition) is 4. The molecule has 1 aliphatic heterocycles. The summed E-state index contributed by atoms with van der Waals surface area (Å²) in [6.07, 6.45) is 5.49. The largest absolute Gasteiger partial charge is 0.508 e. The van der Waals surface area contributed by atoms with Gasteiger partial charge in [-0.1, -0.05) is 51.7 Å². The first kappa shape index (κ1) is 17.3. The zero-order valence-electron chi connectivity index (χ0n) is 14.1. The van der Waals surface area contributed by atoms with E-state index in [2.05, 4.69) is 18.8 Å². The maximum Gasteiger partial charge on any atom is 0.257 e. The molecule has 1 aromatic rings. The molecule has 0 aromatic heterocycles. The number of aliphatic imine (C=N–C) groups is 1. The maximum absolute atomic E-state index is 13.0. The van der Waals surface area contributed by atoms with Crippen LogP contribution in [0.1, 0.15) is 57.9 Å². The minimum atomic E-state index is -0.688. The minimum Gasteiger partial charge on any atom is -0.508 e. The lowest BCUT2D eigenvalue weighted by atomic mass is 9.87. The van der Waals surface area contributed by atoms with Crippen molar-refractivity contribution in [2.75, 3.05) is 0 Å². The molecule has 5 nitrogen and oxygen atoms in total. The van der Waals surface area contributed by atoms with Gasteiger partial charge in [-0.15, -0.1) is 0 Å². The average molecular weight is 317 g/mol. The van der Waals surface area contributed by atoms with Gasteiger partial charge < -0.3 is 10.8 Å². The number of nitrogens with two attached hydrogens (primary N) is 1. The van der Waals surface area contributed by atoms with E-state index >= 15 is 0 Å². The molecule has 23 heavy (non-hydrogen) atoms. The van der Waals surface area contributed by atoms with E-state index in [4.69, 9.17) is 5.73 Å². The number of phenolic OH excluding ortho intramolecular Hbond substituents is 1. The lowest BCUT2D eigenvalue weighted by Crippen LogP contribution is -2.44. The van der Waals surface area contributed by atoms with Gasteiger partial charge in [-0.3, -0.25) is 9.69 Å². The van der Waals surface area contributed by atoms with Crippen molar-refractivity contribution in [2.45, 2.75) is 64.5 Å². The van der Waals surface area contributed by atoms with Gasteiger partial charge in [-0.25, -0.2) is 4.99 Å². The molecule has 1 aliphatic rings. The summed E-state index contributed by atoms with van der Waals surface area (Å²) in [5, 5.41) is 9.59. The lowest BCUT2D eigenvalue weighted by Gasteiger charge is -2.26. The lowest BCUT2D eigenvalue weighted by molar-refractivity contribution is -0.132. The first-order valence-electron chi connectivity index (χ1n) is 8.47. The molecule has 0 unspecified atom stereocenters. The van der Waals surface area contributed by atoms with E-state index in [1.165, 1.54) is 0 Å². The average Bonchev–Trinajstić information content (AvgIpc) is 2.76. The number of amides is 1. The quantitative estimate of drug-likeness (QED) is 0.773. The van der Waals surface area contributed by atoms with Crippen molar-refractivity contribution in [1.82, 2.24) is 4.90 Å². The van der Waals surface area contributed by atoms with Crippen LogP contribution in [-0.4, -0.2) is 27.4 Å². The summed E-state index contributed by atoms with van der Waals surface area (Å²) in [5.41, 5.74) is 6.22. The zero-order chi connectivity index (χ0) is 16.9. The molecule has 0 radical (unpaired) electrons. The van der Waals surface area contributed by atoms with Gasteiger partial charge in [0.1, 0.15) is 11.3 Å². The van der Waals surface area contributed by atoms with Crippen LogP contribution < -0.4 is 5.73 Å². The second kappa shape index (κ2) is 7.49. The van der Waals surface area contributed by atoms with E-state index in [9.17, 15) is 9.90 Å². The Balaban J connectivity index is 2.20. The van der Waals surface area contributed by atoms with E-state index in [1.807, 2.05) is 6.07 Å². The van der Waals surface area contributed by atoms with E-state index in [1.54, 1.807) is 23.1 Å². The predicted octanol–water partition coefficient (Wildman–Crippen LogP) is 3.17. The van der Waals surface area contributed by atoms with E-state index in [0.29, 0.717) is 12.5 Å². The molecule has 2 rings (SSSR count). The Hall–Kier alpha value is -2.04. The van der Waals surface area contributed by atoms with Crippen LogP contribution >= 0.6 is 0 Å². The third kappa shape index (κ3) is 3.84. The van der Waals surface area contributed by atoms with Gasteiger partial charge in [0.25, 0.3) is 5.91 Å². The Labute approximate surface area is 138 Å². The molecule has 0 aliphatic carbocycles. The van der Waals surface area contributed by atoms with Crippen molar-refractivity contribution < 1.29 is 9.90 Å². The number of aromatic hydroxyl groups is 1. The highest BCUT2D eigenvalue weighted by atomic mass is 16.3. The van der Waals surface area contributed by atoms with Gasteiger partial charge in [0.15, 0.2) is 5.96 Å². The Bertz CT molecular complexity index is 575. The topological polar surface area (TPSA) is 78.9 Å². The number of benzene rings is 1. The maximum atomic E-state index is 13.0. The molecule has 0 saturated carbocycles. The van der Waals surface area contributed by atoms with Gasteiger partial charge >= 0.3 is 0 Å². The molecule has 3 N–H and O–H groups in total. The van der Waals surface area contributed by atoms with E-state index in [0.717, 1.165) is 44.1 Å². The molecular weight excluding hydrogens is 290 g/mol. The summed E-state index contributed by atoms with van der Waals surface area (Å²) in [4.78, 5) is 19.1. The number of hydrogen-bond donors (Lipinski definition) is 2. The summed E-state index contributed by atoms with van der Waals surface area (Å²) < 4.78 is 0. The van der Waals surface area contributed by atoms with Gasteiger partial charge in [0.2, 0.25) is 0 Å². The van der Waals surface area contributed by atoms with Crippen molar-refractivity contribution in [1.29, 1.82) is 0 Å². The predicted molar refractivity (Wildman–Crippen MR) is 92.1 cm³/mol. The van der Waals surface area contributed by atoms with Crippen LogP contribution in [0.2, 0.25) is 0 Å². The zero-order valence-corrected chi connectivity index (χ0v) is 14.1. The van der Waals surface area contributed by atoms with Gasteiger partial charge in [-0.05, 0) is 30.5 Å². The summed E-state index contributed by atoms with van der Waals surface area (Å²) >= 11 is 0. The third-order valence-corrected chi connectivity index (χ3v) is 4.39. The van der Waals surface area contributed by atoms with Gasteiger partial charge in [0.05, 0.1) is 6.54 Å². The normalized spacial score (nSPS) is 16.7. The minimum absolute atomic E-state index is 0.000225. The van der Waals surface area contributed by atoms with Gasteiger partial charge in [0, 0.05) is 0 Å². The van der Waals surface area contributed by atoms with E-state index < -0.39 is 5.54 Å². The highest BCUT2D eigenvalue weighted by Crippen LogP contribution is 2.33. The molecular formula is C18H27N3O2. The van der Waals surface area contributed by atoms with Crippen molar-refractivity contribution >= 4 is 11.9 Å². The number of rotatable bonds is 8. The summed E-state index contributed by atoms with van der Waals surface area (Å²) in [6.45, 7) is 4.58. The standard InChI is InChI=1S/C18H27N3O2/c1-3-5-10-18(11-6-4-2)16(23)21(17(19)20-18)13-14-8-7-9-15(22)12-14/h7-9,12,22H,3-6,10-11,13H2,1-2H3,(H2,19,20). The van der Waals surface area contributed by atoms with Crippen molar-refractivity contribution in [3.8, 4) is 5.75 Å². The van der Waals surface area contributed by atoms with Crippen LogP contribution in [0, 0.1) is 0 Å². The molecule has 0 spiro atoms. The summed E-state index contributed by atoms with van der Waals surface area (Å²) in [5.74, 6) is 0.485. The highest BCUT2D eigenvalue weighted by molar-refractivity contribution is 6.06. The SMILES string of the molecule is CCCCC1(CCCC)N=C(N)N(Cc2cccc(O)c2)C1=O. The molecule has 1 aromatic carbocycles. The molecule has 0 fully saturated rings. The first-order chi connectivity index (χ1) is 11.0. The van der Waals surface area contributed by atoms with Crippen LogP contribution in [0.15, 0.2) is 29.3 Å². The third-order valence-electron chi connectivity index (χ3n) is 4.39. The van der Waals surface area contributed by atoms with Crippen molar-refractivity contribution in [3.05, 3.63) is 29.8 Å². The Morgan fingerprint density at radius 3 is 2.43 bits per heavy atom. The summed E-state index contributed by atoms with van der Waals surface area (Å²) in [7, 11) is 0.